The molecule has 0 aliphatic carbocycles. The highest BCUT2D eigenvalue weighted by Gasteiger charge is 2.22. The van der Waals surface area contributed by atoms with Crippen molar-refractivity contribution in [1.82, 2.24) is 9.97 Å². The Hall–Kier alpha value is -2.47. The third kappa shape index (κ3) is 2.97. The summed E-state index contributed by atoms with van der Waals surface area (Å²) >= 11 is 1.20. The summed E-state index contributed by atoms with van der Waals surface area (Å²) in [6.07, 6.45) is 1.51. The van der Waals surface area contributed by atoms with E-state index in [2.05, 4.69) is 40.8 Å². The Morgan fingerprint density at radius 2 is 1.96 bits per heavy atom. The van der Waals surface area contributed by atoms with Crippen LogP contribution in [-0.4, -0.2) is 27.1 Å². The van der Waals surface area contributed by atoms with Crippen molar-refractivity contribution in [3.8, 4) is 0 Å². The van der Waals surface area contributed by atoms with Crippen LogP contribution in [-0.2, 0) is 6.54 Å². The van der Waals surface area contributed by atoms with Gasteiger partial charge in [-0.1, -0.05) is 30.3 Å². The van der Waals surface area contributed by atoms with E-state index in [-0.39, 0.29) is 6.04 Å². The quantitative estimate of drug-likeness (QED) is 0.756. The van der Waals surface area contributed by atoms with Crippen molar-refractivity contribution in [3.05, 3.63) is 52.7 Å². The molecule has 0 unspecified atom stereocenters. The Morgan fingerprint density at radius 3 is 2.58 bits per heavy atom. The van der Waals surface area contributed by atoms with Gasteiger partial charge in [0, 0.05) is 12.6 Å². The number of carboxylic acids is 1. The van der Waals surface area contributed by atoms with Gasteiger partial charge in [-0.2, -0.15) is 0 Å². The number of carbonyl (C=O) groups is 1. The van der Waals surface area contributed by atoms with Crippen LogP contribution in [0.5, 0.6) is 0 Å². The summed E-state index contributed by atoms with van der Waals surface area (Å²) in [6, 6.07) is 10.4. The number of thiophene rings is 1. The first kappa shape index (κ1) is 16.4. The third-order valence-electron chi connectivity index (χ3n) is 3.99. The largest absolute Gasteiger partial charge is 0.477 e. The van der Waals surface area contributed by atoms with E-state index in [1.807, 2.05) is 25.1 Å². The molecule has 0 saturated carbocycles. The van der Waals surface area contributed by atoms with Crippen LogP contribution in [0.25, 0.3) is 10.2 Å². The molecule has 2 aromatic heterocycles. The molecule has 1 N–H and O–H groups in total. The van der Waals surface area contributed by atoms with Crippen LogP contribution in [0.15, 0.2) is 36.7 Å². The van der Waals surface area contributed by atoms with Gasteiger partial charge in [-0.05, 0) is 31.9 Å². The zero-order valence-electron chi connectivity index (χ0n) is 13.9. The number of hydrogen-bond donors (Lipinski definition) is 1. The summed E-state index contributed by atoms with van der Waals surface area (Å²) in [5.41, 5.74) is 1.92. The van der Waals surface area contributed by atoms with Gasteiger partial charge >= 0.3 is 5.97 Å². The van der Waals surface area contributed by atoms with Crippen LogP contribution >= 0.6 is 11.3 Å². The van der Waals surface area contributed by atoms with E-state index < -0.39 is 5.97 Å². The van der Waals surface area contributed by atoms with Gasteiger partial charge in [0.1, 0.15) is 21.9 Å². The minimum Gasteiger partial charge on any atom is -0.477 e. The monoisotopic (exact) mass is 341 g/mol. The standard InChI is InChI=1S/C18H19N3O2S/c1-11(2)21(9-13-7-5-4-6-8-13)16-14-12(3)15(18(22)23)24-17(14)20-10-19-16/h4-8,10-11H,9H2,1-3H3,(H,22,23). The fraction of sp³-hybridized carbons (Fsp3) is 0.278. The Morgan fingerprint density at radius 1 is 1.25 bits per heavy atom. The average molecular weight is 341 g/mol. The topological polar surface area (TPSA) is 66.3 Å². The molecule has 1 aromatic carbocycles. The van der Waals surface area contributed by atoms with Gasteiger partial charge in [0.2, 0.25) is 0 Å². The number of anilines is 1. The Bertz CT molecular complexity index is 875. The van der Waals surface area contributed by atoms with Crippen molar-refractivity contribution in [1.29, 1.82) is 0 Å². The summed E-state index contributed by atoms with van der Waals surface area (Å²) in [4.78, 5) is 23.4. The van der Waals surface area contributed by atoms with Crippen LogP contribution < -0.4 is 4.90 Å². The lowest BCUT2D eigenvalue weighted by atomic mass is 10.1. The second-order valence-corrected chi connectivity index (χ2v) is 6.95. The second-order valence-electron chi connectivity index (χ2n) is 5.95. The van der Waals surface area contributed by atoms with Gasteiger partial charge in [0.15, 0.2) is 0 Å². The highest BCUT2D eigenvalue weighted by Crippen LogP contribution is 2.35. The fourth-order valence-electron chi connectivity index (χ4n) is 2.76. The van der Waals surface area contributed by atoms with Gasteiger partial charge in [0.25, 0.3) is 0 Å². The van der Waals surface area contributed by atoms with Crippen LogP contribution in [0.1, 0.15) is 34.6 Å². The number of benzene rings is 1. The molecule has 0 aliphatic heterocycles. The molecule has 124 valence electrons. The highest BCUT2D eigenvalue weighted by molar-refractivity contribution is 7.20. The number of nitrogens with zero attached hydrogens (tertiary/aromatic N) is 3. The summed E-state index contributed by atoms with van der Waals surface area (Å²) in [5.74, 6) is -0.124. The van der Waals surface area contributed by atoms with Gasteiger partial charge in [0.05, 0.1) is 5.39 Å². The molecule has 0 spiro atoms. The maximum Gasteiger partial charge on any atom is 0.346 e. The van der Waals surface area contributed by atoms with E-state index in [0.717, 1.165) is 16.8 Å². The van der Waals surface area contributed by atoms with E-state index in [4.69, 9.17) is 0 Å². The normalized spacial score (nSPS) is 11.2. The highest BCUT2D eigenvalue weighted by atomic mass is 32.1. The summed E-state index contributed by atoms with van der Waals surface area (Å²) in [7, 11) is 0. The molecule has 3 aromatic rings. The third-order valence-corrected chi connectivity index (χ3v) is 5.18. The molecule has 3 rings (SSSR count). The van der Waals surface area contributed by atoms with Crippen LogP contribution in [0, 0.1) is 6.92 Å². The van der Waals surface area contributed by atoms with E-state index in [1.165, 1.54) is 23.2 Å². The van der Waals surface area contributed by atoms with Crippen molar-refractivity contribution in [3.63, 3.8) is 0 Å². The molecule has 0 fully saturated rings. The number of hydrogen-bond acceptors (Lipinski definition) is 5. The number of rotatable bonds is 5. The maximum atomic E-state index is 11.4. The predicted octanol–water partition coefficient (Wildman–Crippen LogP) is 4.11. The lowest BCUT2D eigenvalue weighted by molar-refractivity contribution is 0.0701. The molecular formula is C18H19N3O2S. The van der Waals surface area contributed by atoms with E-state index in [9.17, 15) is 9.90 Å². The molecule has 0 amide bonds. The molecule has 0 aliphatic rings. The molecule has 0 radical (unpaired) electrons. The molecule has 0 bridgehead atoms. The Kier molecular flexibility index (Phi) is 4.49. The SMILES string of the molecule is Cc1c(C(=O)O)sc2ncnc(N(Cc3ccccc3)C(C)C)c12. The zero-order valence-corrected chi connectivity index (χ0v) is 14.7. The smallest absolute Gasteiger partial charge is 0.346 e. The van der Waals surface area contributed by atoms with Gasteiger partial charge < -0.3 is 10.0 Å². The first-order valence-electron chi connectivity index (χ1n) is 7.77. The Labute approximate surface area is 144 Å². The van der Waals surface area contributed by atoms with Crippen molar-refractivity contribution >= 4 is 33.3 Å². The van der Waals surface area contributed by atoms with Crippen LogP contribution in [0.4, 0.5) is 5.82 Å². The van der Waals surface area contributed by atoms with E-state index >= 15 is 0 Å². The minimum atomic E-state index is -0.916. The first-order valence-corrected chi connectivity index (χ1v) is 8.58. The van der Waals surface area contributed by atoms with Crippen molar-refractivity contribution in [2.75, 3.05) is 4.90 Å². The number of aromatic carboxylic acids is 1. The number of aryl methyl sites for hydroxylation is 1. The van der Waals surface area contributed by atoms with Crippen LogP contribution in [0.2, 0.25) is 0 Å². The molecule has 2 heterocycles. The lowest BCUT2D eigenvalue weighted by Gasteiger charge is -2.28. The predicted molar refractivity (Wildman–Crippen MR) is 96.9 cm³/mol. The molecule has 5 nitrogen and oxygen atoms in total. The maximum absolute atomic E-state index is 11.4. The number of aromatic nitrogens is 2. The second kappa shape index (κ2) is 6.57. The average Bonchev–Trinajstić information content (AvgIpc) is 2.91. The number of carboxylic acid groups (broad SMARTS) is 1. The summed E-state index contributed by atoms with van der Waals surface area (Å²) in [5, 5.41) is 10.2. The van der Waals surface area contributed by atoms with Crippen molar-refractivity contribution < 1.29 is 9.90 Å². The zero-order chi connectivity index (χ0) is 17.3. The molecule has 0 atom stereocenters. The number of fused-ring (bicyclic) bond motifs is 1. The van der Waals surface area contributed by atoms with Gasteiger partial charge in [-0.15, -0.1) is 11.3 Å². The molecular weight excluding hydrogens is 322 g/mol. The van der Waals surface area contributed by atoms with Crippen molar-refractivity contribution in [2.45, 2.75) is 33.4 Å². The lowest BCUT2D eigenvalue weighted by Crippen LogP contribution is -2.31. The molecule has 6 heteroatoms. The molecule has 0 saturated heterocycles. The van der Waals surface area contributed by atoms with Crippen LogP contribution in [0.3, 0.4) is 0 Å². The fourth-order valence-corrected chi connectivity index (χ4v) is 3.74. The van der Waals surface area contributed by atoms with E-state index in [0.29, 0.717) is 16.3 Å². The molecule has 24 heavy (non-hydrogen) atoms. The Balaban J connectivity index is 2.13. The minimum absolute atomic E-state index is 0.218. The van der Waals surface area contributed by atoms with Gasteiger partial charge in [-0.25, -0.2) is 14.8 Å². The van der Waals surface area contributed by atoms with Crippen molar-refractivity contribution in [2.24, 2.45) is 0 Å². The first-order chi connectivity index (χ1) is 11.5. The van der Waals surface area contributed by atoms with Gasteiger partial charge in [-0.3, -0.25) is 0 Å². The summed E-state index contributed by atoms with van der Waals surface area (Å²) in [6.45, 7) is 6.76. The van der Waals surface area contributed by atoms with E-state index in [1.54, 1.807) is 0 Å². The summed E-state index contributed by atoms with van der Waals surface area (Å²) < 4.78 is 0.